The summed E-state index contributed by atoms with van der Waals surface area (Å²) in [5, 5.41) is 26.1. The van der Waals surface area contributed by atoms with Gasteiger partial charge < -0.3 is 20.2 Å². The van der Waals surface area contributed by atoms with E-state index in [4.69, 9.17) is 9.68 Å². The van der Waals surface area contributed by atoms with Gasteiger partial charge in [0.05, 0.1) is 24.8 Å². The van der Waals surface area contributed by atoms with Crippen molar-refractivity contribution in [3.05, 3.63) is 24.2 Å². The van der Waals surface area contributed by atoms with E-state index in [1.54, 1.807) is 19.1 Å². The average Bonchev–Trinajstić information content (AvgIpc) is 3.16. The van der Waals surface area contributed by atoms with Crippen molar-refractivity contribution in [2.75, 3.05) is 13.1 Å². The third-order valence-electron chi connectivity index (χ3n) is 3.95. The van der Waals surface area contributed by atoms with E-state index in [0.29, 0.717) is 11.7 Å². The molecular formula is C16H24N4O2. The monoisotopic (exact) mass is 304 g/mol. The molecule has 0 aliphatic heterocycles. The van der Waals surface area contributed by atoms with Crippen molar-refractivity contribution in [2.45, 2.75) is 44.8 Å². The Morgan fingerprint density at radius 2 is 2.41 bits per heavy atom. The molecule has 0 radical (unpaired) electrons. The quantitative estimate of drug-likeness (QED) is 0.569. The molecule has 3 N–H and O–H groups in total. The van der Waals surface area contributed by atoms with E-state index in [2.05, 4.69) is 21.7 Å². The molecule has 120 valence electrons. The Labute approximate surface area is 131 Å². The Morgan fingerprint density at radius 3 is 3.05 bits per heavy atom. The molecule has 0 bridgehead atoms. The van der Waals surface area contributed by atoms with Crippen molar-refractivity contribution < 1.29 is 9.52 Å². The molecule has 1 aliphatic rings. The number of furan rings is 1. The van der Waals surface area contributed by atoms with Crippen LogP contribution >= 0.6 is 0 Å². The van der Waals surface area contributed by atoms with Crippen LogP contribution in [0.2, 0.25) is 0 Å². The van der Waals surface area contributed by atoms with Crippen LogP contribution in [-0.4, -0.2) is 30.2 Å². The van der Waals surface area contributed by atoms with Crippen LogP contribution in [-0.2, 0) is 5.60 Å². The van der Waals surface area contributed by atoms with Gasteiger partial charge in [-0.05, 0) is 45.2 Å². The Hall–Kier alpha value is -2.00. The highest BCUT2D eigenvalue weighted by Crippen LogP contribution is 2.25. The van der Waals surface area contributed by atoms with Gasteiger partial charge in [-0.1, -0.05) is 0 Å². The highest BCUT2D eigenvalue weighted by atomic mass is 16.4. The first kappa shape index (κ1) is 16.4. The molecule has 22 heavy (non-hydrogen) atoms. The molecule has 6 heteroatoms. The van der Waals surface area contributed by atoms with Crippen molar-refractivity contribution in [3.63, 3.8) is 0 Å². The number of aliphatic hydroxyl groups is 1. The van der Waals surface area contributed by atoms with Gasteiger partial charge in [0.15, 0.2) is 5.96 Å². The maximum atomic E-state index is 10.4. The molecule has 6 nitrogen and oxygen atoms in total. The standard InChI is InChI=1S/C16H24N4O2/c1-3-18-15(20-13-7-4-6-12(13)10-17)19-11-16(2,21)14-8-5-9-22-14/h5,8-9,12-13,21H,3-4,6-7,11H2,1-2H3,(H2,18,19,20). The number of rotatable bonds is 5. The van der Waals surface area contributed by atoms with Crippen LogP contribution in [0.4, 0.5) is 0 Å². The second-order valence-corrected chi connectivity index (χ2v) is 5.86. The predicted octanol–water partition coefficient (Wildman–Crippen LogP) is 1.73. The summed E-state index contributed by atoms with van der Waals surface area (Å²) in [4.78, 5) is 4.45. The van der Waals surface area contributed by atoms with Gasteiger partial charge in [0.2, 0.25) is 0 Å². The Balaban J connectivity index is 2.02. The molecule has 0 saturated heterocycles. The summed E-state index contributed by atoms with van der Waals surface area (Å²) in [7, 11) is 0. The number of aliphatic imine (C=N–C) groups is 1. The Morgan fingerprint density at radius 1 is 1.59 bits per heavy atom. The summed E-state index contributed by atoms with van der Waals surface area (Å²) in [5.74, 6) is 1.14. The molecule has 1 saturated carbocycles. The van der Waals surface area contributed by atoms with Crippen molar-refractivity contribution in [2.24, 2.45) is 10.9 Å². The molecular weight excluding hydrogens is 280 g/mol. The lowest BCUT2D eigenvalue weighted by Crippen LogP contribution is -2.45. The van der Waals surface area contributed by atoms with Gasteiger partial charge >= 0.3 is 0 Å². The second-order valence-electron chi connectivity index (χ2n) is 5.86. The first-order valence-electron chi connectivity index (χ1n) is 7.77. The fourth-order valence-corrected chi connectivity index (χ4v) is 2.68. The smallest absolute Gasteiger partial charge is 0.191 e. The number of hydrogen-bond acceptors (Lipinski definition) is 4. The van der Waals surface area contributed by atoms with Gasteiger partial charge in [0.1, 0.15) is 11.4 Å². The van der Waals surface area contributed by atoms with Crippen LogP contribution in [0.3, 0.4) is 0 Å². The molecule has 1 aliphatic carbocycles. The molecule has 1 heterocycles. The van der Waals surface area contributed by atoms with Gasteiger partial charge in [-0.15, -0.1) is 0 Å². The lowest BCUT2D eigenvalue weighted by atomic mass is 10.0. The maximum Gasteiger partial charge on any atom is 0.191 e. The van der Waals surface area contributed by atoms with E-state index in [-0.39, 0.29) is 18.5 Å². The number of nitrogens with one attached hydrogen (secondary N) is 2. The zero-order valence-corrected chi connectivity index (χ0v) is 13.2. The molecule has 2 rings (SSSR count). The van der Waals surface area contributed by atoms with Gasteiger partial charge in [-0.3, -0.25) is 0 Å². The minimum Gasteiger partial charge on any atom is -0.466 e. The molecule has 3 unspecified atom stereocenters. The number of hydrogen-bond donors (Lipinski definition) is 3. The number of guanidine groups is 1. The fraction of sp³-hybridized carbons (Fsp3) is 0.625. The second kappa shape index (κ2) is 7.32. The van der Waals surface area contributed by atoms with E-state index < -0.39 is 5.60 Å². The Kier molecular flexibility index (Phi) is 5.45. The summed E-state index contributed by atoms with van der Waals surface area (Å²) in [5.41, 5.74) is -1.16. The lowest BCUT2D eigenvalue weighted by Gasteiger charge is -2.22. The average molecular weight is 304 g/mol. The third kappa shape index (κ3) is 4.01. The molecule has 0 aromatic carbocycles. The van der Waals surface area contributed by atoms with Crippen molar-refractivity contribution in [1.82, 2.24) is 10.6 Å². The van der Waals surface area contributed by atoms with Gasteiger partial charge in [0.25, 0.3) is 0 Å². The van der Waals surface area contributed by atoms with Crippen molar-refractivity contribution in [1.29, 1.82) is 5.26 Å². The number of nitrogens with zero attached hydrogens (tertiary/aromatic N) is 2. The summed E-state index contributed by atoms with van der Waals surface area (Å²) in [6, 6.07) is 5.95. The summed E-state index contributed by atoms with van der Waals surface area (Å²) in [6.45, 7) is 4.56. The predicted molar refractivity (Wildman–Crippen MR) is 84.1 cm³/mol. The molecule has 1 aromatic heterocycles. The van der Waals surface area contributed by atoms with Crippen LogP contribution < -0.4 is 10.6 Å². The molecule has 0 amide bonds. The van der Waals surface area contributed by atoms with Crippen LogP contribution in [0.25, 0.3) is 0 Å². The minimum atomic E-state index is -1.16. The van der Waals surface area contributed by atoms with Crippen LogP contribution in [0.15, 0.2) is 27.8 Å². The van der Waals surface area contributed by atoms with Crippen molar-refractivity contribution in [3.8, 4) is 6.07 Å². The first-order chi connectivity index (χ1) is 10.6. The van der Waals surface area contributed by atoms with E-state index in [9.17, 15) is 5.11 Å². The Bertz CT molecular complexity index is 531. The maximum absolute atomic E-state index is 10.4. The zero-order valence-electron chi connectivity index (χ0n) is 13.2. The van der Waals surface area contributed by atoms with Crippen LogP contribution in [0, 0.1) is 17.2 Å². The zero-order chi connectivity index (χ0) is 16.0. The molecule has 0 spiro atoms. The first-order valence-corrected chi connectivity index (χ1v) is 7.77. The van der Waals surface area contributed by atoms with Gasteiger partial charge in [-0.25, -0.2) is 4.99 Å². The summed E-state index contributed by atoms with van der Waals surface area (Å²) < 4.78 is 5.26. The van der Waals surface area contributed by atoms with E-state index in [1.165, 1.54) is 6.26 Å². The highest BCUT2D eigenvalue weighted by molar-refractivity contribution is 5.80. The topological polar surface area (TPSA) is 93.6 Å². The van der Waals surface area contributed by atoms with E-state index in [1.807, 2.05) is 6.92 Å². The van der Waals surface area contributed by atoms with Gasteiger partial charge in [0, 0.05) is 12.6 Å². The van der Waals surface area contributed by atoms with Gasteiger partial charge in [-0.2, -0.15) is 5.26 Å². The molecule has 1 fully saturated rings. The fourth-order valence-electron chi connectivity index (χ4n) is 2.68. The lowest BCUT2D eigenvalue weighted by molar-refractivity contribution is 0.0436. The normalized spacial score (nSPS) is 24.5. The summed E-state index contributed by atoms with van der Waals surface area (Å²) >= 11 is 0. The van der Waals surface area contributed by atoms with Crippen LogP contribution in [0.5, 0.6) is 0 Å². The van der Waals surface area contributed by atoms with E-state index >= 15 is 0 Å². The third-order valence-corrected chi connectivity index (χ3v) is 3.95. The molecule has 3 atom stereocenters. The molecule has 1 aromatic rings. The van der Waals surface area contributed by atoms with E-state index in [0.717, 1.165) is 25.8 Å². The largest absolute Gasteiger partial charge is 0.466 e. The SMILES string of the molecule is CCNC(=NCC(C)(O)c1ccco1)NC1CCCC1C#N. The minimum absolute atomic E-state index is 0.0226. The highest BCUT2D eigenvalue weighted by Gasteiger charge is 2.29. The summed E-state index contributed by atoms with van der Waals surface area (Å²) in [6.07, 6.45) is 4.49. The van der Waals surface area contributed by atoms with Crippen molar-refractivity contribution >= 4 is 5.96 Å². The number of nitriles is 1. The van der Waals surface area contributed by atoms with Crippen LogP contribution in [0.1, 0.15) is 38.9 Å².